The number of benzene rings is 3. The lowest BCUT2D eigenvalue weighted by Crippen LogP contribution is -2.22. The van der Waals surface area contributed by atoms with Crippen LogP contribution in [0.3, 0.4) is 0 Å². The molecule has 130 valence electrons. The number of aliphatic carboxylic acids is 1. The van der Waals surface area contributed by atoms with Crippen molar-refractivity contribution in [1.82, 2.24) is 0 Å². The van der Waals surface area contributed by atoms with E-state index in [1.807, 2.05) is 54.6 Å². The molecule has 4 nitrogen and oxygen atoms in total. The topological polar surface area (TPSA) is 58.9 Å². The van der Waals surface area contributed by atoms with Crippen LogP contribution in [0, 0.1) is 0 Å². The summed E-state index contributed by atoms with van der Waals surface area (Å²) in [7, 11) is 0. The molecule has 1 atom stereocenters. The third kappa shape index (κ3) is 4.57. The molecule has 3 aromatic rings. The van der Waals surface area contributed by atoms with Gasteiger partial charge in [-0.25, -0.2) is 4.79 Å². The van der Waals surface area contributed by atoms with Crippen molar-refractivity contribution in [2.24, 2.45) is 4.99 Å². The minimum atomic E-state index is -0.991. The second-order valence-electron chi connectivity index (χ2n) is 5.84. The quantitative estimate of drug-likeness (QED) is 0.643. The Labute approximate surface area is 152 Å². The van der Waals surface area contributed by atoms with E-state index in [2.05, 4.69) is 17.1 Å². The Morgan fingerprint density at radius 1 is 0.923 bits per heavy atom. The van der Waals surface area contributed by atoms with Crippen molar-refractivity contribution in [2.45, 2.75) is 13.0 Å². The molecule has 0 fully saturated rings. The van der Waals surface area contributed by atoms with E-state index in [-0.39, 0.29) is 0 Å². The fourth-order valence-electron chi connectivity index (χ4n) is 2.41. The minimum Gasteiger partial charge on any atom is -0.479 e. The first-order valence-corrected chi connectivity index (χ1v) is 8.31. The van der Waals surface area contributed by atoms with Crippen LogP contribution in [0.2, 0.25) is 0 Å². The molecule has 0 aliphatic carbocycles. The third-order valence-corrected chi connectivity index (χ3v) is 3.88. The Morgan fingerprint density at radius 3 is 2.15 bits per heavy atom. The van der Waals surface area contributed by atoms with Gasteiger partial charge in [0.05, 0.1) is 5.69 Å². The Morgan fingerprint density at radius 2 is 1.54 bits per heavy atom. The number of hydrogen-bond donors (Lipinski definition) is 1. The number of carboxylic acids is 1. The Hall–Kier alpha value is -3.40. The fraction of sp³-hybridized carbons (Fsp3) is 0.0909. The van der Waals surface area contributed by atoms with Gasteiger partial charge in [0.25, 0.3) is 0 Å². The van der Waals surface area contributed by atoms with Gasteiger partial charge in [0.2, 0.25) is 0 Å². The van der Waals surface area contributed by atoms with Crippen LogP contribution in [0.15, 0.2) is 83.9 Å². The number of carbonyl (C=O) groups is 1. The number of aliphatic imine (C=N–C) groups is 1. The van der Waals surface area contributed by atoms with E-state index in [0.29, 0.717) is 5.75 Å². The van der Waals surface area contributed by atoms with Crippen LogP contribution >= 0.6 is 0 Å². The molecular formula is C22H19NO3. The monoisotopic (exact) mass is 345 g/mol. The molecule has 0 aromatic heterocycles. The van der Waals surface area contributed by atoms with Crippen molar-refractivity contribution >= 4 is 17.9 Å². The van der Waals surface area contributed by atoms with Gasteiger partial charge in [0.1, 0.15) is 5.75 Å². The first kappa shape index (κ1) is 17.4. The Bertz CT molecular complexity index is 885. The molecule has 3 rings (SSSR count). The van der Waals surface area contributed by atoms with Gasteiger partial charge < -0.3 is 9.84 Å². The highest BCUT2D eigenvalue weighted by Gasteiger charge is 2.11. The number of carboxylic acid groups (broad SMARTS) is 1. The SMILES string of the molecule is C[C@@H](Oc1ccc(C=Nc2ccc(-c3ccccc3)cc2)cc1)C(=O)O. The maximum atomic E-state index is 10.8. The standard InChI is InChI=1S/C22H19NO3/c1-16(22(24)25)26-21-13-7-17(8-14-21)15-23-20-11-9-19(10-12-20)18-5-3-2-4-6-18/h2-16H,1H3,(H,24,25)/t16-/m1/s1. The molecule has 1 N–H and O–H groups in total. The molecule has 3 aromatic carbocycles. The van der Waals surface area contributed by atoms with Crippen LogP contribution in [-0.4, -0.2) is 23.4 Å². The van der Waals surface area contributed by atoms with Crippen LogP contribution < -0.4 is 4.74 Å². The van der Waals surface area contributed by atoms with Crippen LogP contribution in [0.5, 0.6) is 5.75 Å². The Kier molecular flexibility index (Phi) is 5.44. The van der Waals surface area contributed by atoms with Gasteiger partial charge in [-0.2, -0.15) is 0 Å². The zero-order valence-corrected chi connectivity index (χ0v) is 14.4. The Balaban J connectivity index is 1.65. The van der Waals surface area contributed by atoms with Gasteiger partial charge in [-0.3, -0.25) is 4.99 Å². The van der Waals surface area contributed by atoms with E-state index in [1.54, 1.807) is 18.3 Å². The molecule has 0 aliphatic rings. The lowest BCUT2D eigenvalue weighted by molar-refractivity contribution is -0.144. The average Bonchev–Trinajstić information content (AvgIpc) is 2.68. The van der Waals surface area contributed by atoms with Gasteiger partial charge in [-0.15, -0.1) is 0 Å². The number of ether oxygens (including phenoxy) is 1. The van der Waals surface area contributed by atoms with Gasteiger partial charge in [0.15, 0.2) is 6.10 Å². The lowest BCUT2D eigenvalue weighted by Gasteiger charge is -2.09. The maximum Gasteiger partial charge on any atom is 0.344 e. The molecule has 26 heavy (non-hydrogen) atoms. The van der Waals surface area contributed by atoms with Crippen molar-refractivity contribution < 1.29 is 14.6 Å². The van der Waals surface area contributed by atoms with Gasteiger partial charge >= 0.3 is 5.97 Å². The van der Waals surface area contributed by atoms with Crippen molar-refractivity contribution in [3.05, 3.63) is 84.4 Å². The van der Waals surface area contributed by atoms with E-state index in [1.165, 1.54) is 12.5 Å². The largest absolute Gasteiger partial charge is 0.479 e. The smallest absolute Gasteiger partial charge is 0.344 e. The molecule has 0 heterocycles. The van der Waals surface area contributed by atoms with Crippen LogP contribution in [0.1, 0.15) is 12.5 Å². The lowest BCUT2D eigenvalue weighted by atomic mass is 10.1. The second kappa shape index (κ2) is 8.12. The summed E-state index contributed by atoms with van der Waals surface area (Å²) in [5.74, 6) is -0.473. The van der Waals surface area contributed by atoms with Crippen LogP contribution in [0.4, 0.5) is 5.69 Å². The zero-order valence-electron chi connectivity index (χ0n) is 14.4. The molecule has 0 saturated heterocycles. The predicted molar refractivity (Wildman–Crippen MR) is 103 cm³/mol. The summed E-state index contributed by atoms with van der Waals surface area (Å²) in [6.07, 6.45) is 0.889. The minimum absolute atomic E-state index is 0.518. The summed E-state index contributed by atoms with van der Waals surface area (Å²) in [6.45, 7) is 1.50. The number of hydrogen-bond acceptors (Lipinski definition) is 3. The molecule has 0 aliphatic heterocycles. The summed E-state index contributed by atoms with van der Waals surface area (Å²) in [5.41, 5.74) is 4.10. The van der Waals surface area contributed by atoms with E-state index in [0.717, 1.165) is 16.8 Å². The summed E-state index contributed by atoms with van der Waals surface area (Å²) in [4.78, 5) is 15.3. The van der Waals surface area contributed by atoms with Crippen LogP contribution in [-0.2, 0) is 4.79 Å². The summed E-state index contributed by atoms with van der Waals surface area (Å²) >= 11 is 0. The summed E-state index contributed by atoms with van der Waals surface area (Å²) < 4.78 is 5.30. The van der Waals surface area contributed by atoms with Crippen molar-refractivity contribution in [3.8, 4) is 16.9 Å². The molecule has 0 radical (unpaired) electrons. The summed E-state index contributed by atoms with van der Waals surface area (Å²) in [5, 5.41) is 8.85. The van der Waals surface area contributed by atoms with E-state index >= 15 is 0 Å². The van der Waals surface area contributed by atoms with Gasteiger partial charge in [-0.1, -0.05) is 42.5 Å². The first-order chi connectivity index (χ1) is 12.6. The molecule has 4 heteroatoms. The van der Waals surface area contributed by atoms with E-state index < -0.39 is 12.1 Å². The highest BCUT2D eigenvalue weighted by molar-refractivity contribution is 5.82. The fourth-order valence-corrected chi connectivity index (χ4v) is 2.41. The third-order valence-electron chi connectivity index (χ3n) is 3.88. The predicted octanol–water partition coefficient (Wildman–Crippen LogP) is 4.96. The highest BCUT2D eigenvalue weighted by atomic mass is 16.5. The number of rotatable bonds is 6. The first-order valence-electron chi connectivity index (χ1n) is 8.31. The molecule has 0 amide bonds. The van der Waals surface area contributed by atoms with Gasteiger partial charge in [0, 0.05) is 6.21 Å². The normalized spacial score (nSPS) is 12.0. The molecule has 0 saturated carbocycles. The van der Waals surface area contributed by atoms with Gasteiger partial charge in [-0.05, 0) is 60.0 Å². The average molecular weight is 345 g/mol. The van der Waals surface area contributed by atoms with Crippen molar-refractivity contribution in [3.63, 3.8) is 0 Å². The maximum absolute atomic E-state index is 10.8. The zero-order chi connectivity index (χ0) is 18.4. The molecule has 0 spiro atoms. The number of nitrogens with zero attached hydrogens (tertiary/aromatic N) is 1. The van der Waals surface area contributed by atoms with Crippen molar-refractivity contribution in [1.29, 1.82) is 0 Å². The van der Waals surface area contributed by atoms with Crippen LogP contribution in [0.25, 0.3) is 11.1 Å². The molecular weight excluding hydrogens is 326 g/mol. The molecule has 0 unspecified atom stereocenters. The highest BCUT2D eigenvalue weighted by Crippen LogP contribution is 2.22. The second-order valence-corrected chi connectivity index (χ2v) is 5.84. The van der Waals surface area contributed by atoms with E-state index in [4.69, 9.17) is 9.84 Å². The molecule has 0 bridgehead atoms. The van der Waals surface area contributed by atoms with Crippen molar-refractivity contribution in [2.75, 3.05) is 0 Å². The summed E-state index contributed by atoms with van der Waals surface area (Å²) in [6, 6.07) is 25.4. The van der Waals surface area contributed by atoms with E-state index in [9.17, 15) is 4.79 Å².